The third-order valence-corrected chi connectivity index (χ3v) is 1.59. The number of anilines is 1. The first kappa shape index (κ1) is 9.01. The molecule has 0 spiro atoms. The zero-order chi connectivity index (χ0) is 9.68. The van der Waals surface area contributed by atoms with Crippen LogP contribution in [0.5, 0.6) is 0 Å². The summed E-state index contributed by atoms with van der Waals surface area (Å²) in [4.78, 5) is 9.93. The van der Waals surface area contributed by atoms with Gasteiger partial charge in [-0.2, -0.15) is 5.26 Å². The minimum absolute atomic E-state index is 0.386. The van der Waals surface area contributed by atoms with Crippen molar-refractivity contribution in [1.82, 2.24) is 0 Å². The summed E-state index contributed by atoms with van der Waals surface area (Å²) in [6.07, 6.45) is 4.34. The van der Waals surface area contributed by atoms with E-state index in [-0.39, 0.29) is 0 Å². The Bertz CT molecular complexity index is 388. The van der Waals surface area contributed by atoms with Crippen molar-refractivity contribution in [3.8, 4) is 6.07 Å². The lowest BCUT2D eigenvalue weighted by molar-refractivity contribution is 0.564. The van der Waals surface area contributed by atoms with Crippen molar-refractivity contribution in [2.75, 3.05) is 5.73 Å². The number of carbonyl (C=O) groups excluding carboxylic acids is 1. The molecule has 2 N–H and O–H groups in total. The molecule has 0 saturated heterocycles. The van der Waals surface area contributed by atoms with Gasteiger partial charge in [-0.3, -0.25) is 4.79 Å². The highest BCUT2D eigenvalue weighted by atomic mass is 16.1. The Morgan fingerprint density at radius 1 is 1.46 bits per heavy atom. The van der Waals surface area contributed by atoms with Crippen molar-refractivity contribution < 1.29 is 4.79 Å². The van der Waals surface area contributed by atoms with E-state index in [1.807, 2.05) is 6.07 Å². The summed E-state index contributed by atoms with van der Waals surface area (Å²) in [6, 6.07) is 7.01. The van der Waals surface area contributed by atoms with Crippen LogP contribution in [0, 0.1) is 11.3 Å². The van der Waals surface area contributed by atoms with Crippen molar-refractivity contribution in [2.24, 2.45) is 0 Å². The van der Waals surface area contributed by atoms with Crippen molar-refractivity contribution in [3.63, 3.8) is 0 Å². The maximum atomic E-state index is 9.93. The van der Waals surface area contributed by atoms with Crippen LogP contribution in [0.4, 0.5) is 5.69 Å². The molecule has 63 valence electrons. The van der Waals surface area contributed by atoms with Crippen LogP contribution in [0.15, 0.2) is 24.3 Å². The average molecular weight is 171 g/mol. The normalized spacial score (nSPS) is 9.77. The van der Waals surface area contributed by atoms with Gasteiger partial charge in [-0.25, -0.2) is 0 Å². The predicted molar refractivity (Wildman–Crippen MR) is 50.3 cm³/mol. The lowest BCUT2D eigenvalue weighted by Crippen LogP contribution is -1.93. The van der Waals surface area contributed by atoms with Crippen LogP contribution in [0.25, 0.3) is 6.08 Å². The molecular weight excluding hydrogens is 164 g/mol. The summed E-state index contributed by atoms with van der Waals surface area (Å²) in [5.74, 6) is 0. The summed E-state index contributed by atoms with van der Waals surface area (Å²) >= 11 is 0. The van der Waals surface area contributed by atoms with Crippen LogP contribution in [0.3, 0.4) is 0 Å². The molecule has 0 heterocycles. The molecule has 0 atom stereocenters. The molecule has 1 aromatic carbocycles. The van der Waals surface area contributed by atoms with Gasteiger partial charge in [0.1, 0.15) is 6.07 Å². The Morgan fingerprint density at radius 2 is 2.23 bits per heavy atom. The molecule has 0 aliphatic heterocycles. The van der Waals surface area contributed by atoms with Gasteiger partial charge >= 0.3 is 0 Å². The van der Waals surface area contributed by atoms with Crippen molar-refractivity contribution in [1.29, 1.82) is 5.26 Å². The van der Waals surface area contributed by atoms with Crippen LogP contribution in [-0.4, -0.2) is 6.29 Å². The van der Waals surface area contributed by atoms with E-state index < -0.39 is 0 Å². The molecule has 0 unspecified atom stereocenters. The lowest BCUT2D eigenvalue weighted by Gasteiger charge is -2.00. The fourth-order valence-corrected chi connectivity index (χ4v) is 0.950. The van der Waals surface area contributed by atoms with E-state index in [4.69, 9.17) is 11.0 Å². The zero-order valence-corrected chi connectivity index (χ0v) is 6.82. The standard InChI is InChI=1S/C10H7N2O/c11-7-9-4-1-3-8(10(9)12)5-2-6-13/h1-5H,12H2. The SMILES string of the molecule is N#Cc1cccc(C=C[C]=O)c1N. The van der Waals surface area contributed by atoms with Gasteiger partial charge in [-0.05, 0) is 23.8 Å². The fraction of sp³-hybridized carbons (Fsp3) is 0. The van der Waals surface area contributed by atoms with Gasteiger partial charge in [-0.15, -0.1) is 0 Å². The Labute approximate surface area is 76.1 Å². The Hall–Kier alpha value is -2.08. The summed E-state index contributed by atoms with van der Waals surface area (Å²) in [5, 5.41) is 8.64. The summed E-state index contributed by atoms with van der Waals surface area (Å²) in [6.45, 7) is 0. The number of para-hydroxylation sites is 1. The van der Waals surface area contributed by atoms with E-state index in [0.29, 0.717) is 16.8 Å². The topological polar surface area (TPSA) is 66.9 Å². The predicted octanol–water partition coefficient (Wildman–Crippen LogP) is 1.26. The number of nitrogens with two attached hydrogens (primary N) is 1. The molecule has 13 heavy (non-hydrogen) atoms. The van der Waals surface area contributed by atoms with E-state index in [1.165, 1.54) is 12.2 Å². The second kappa shape index (κ2) is 4.07. The maximum Gasteiger partial charge on any atom is 0.225 e. The summed E-state index contributed by atoms with van der Waals surface area (Å²) in [7, 11) is 0. The molecule has 3 nitrogen and oxygen atoms in total. The molecule has 1 radical (unpaired) electrons. The third-order valence-electron chi connectivity index (χ3n) is 1.59. The number of rotatable bonds is 2. The van der Waals surface area contributed by atoms with Crippen LogP contribution in [0.1, 0.15) is 11.1 Å². The molecule has 0 aromatic heterocycles. The van der Waals surface area contributed by atoms with Gasteiger partial charge in [0.2, 0.25) is 6.29 Å². The first-order chi connectivity index (χ1) is 6.29. The second-order valence-corrected chi connectivity index (χ2v) is 2.37. The average Bonchev–Trinajstić information content (AvgIpc) is 2.16. The quantitative estimate of drug-likeness (QED) is 0.538. The van der Waals surface area contributed by atoms with E-state index in [2.05, 4.69) is 0 Å². The number of hydrogen-bond acceptors (Lipinski definition) is 3. The molecule has 1 aromatic rings. The number of nitrogens with zero attached hydrogens (tertiary/aromatic N) is 1. The summed E-state index contributed by atoms with van der Waals surface area (Å²) in [5.41, 5.74) is 7.08. The van der Waals surface area contributed by atoms with E-state index >= 15 is 0 Å². The molecule has 1 rings (SSSR count). The largest absolute Gasteiger partial charge is 0.397 e. The van der Waals surface area contributed by atoms with Crippen molar-refractivity contribution in [3.05, 3.63) is 35.4 Å². The summed E-state index contributed by atoms with van der Waals surface area (Å²) < 4.78 is 0. The van der Waals surface area contributed by atoms with E-state index in [0.717, 1.165) is 0 Å². The van der Waals surface area contributed by atoms with Crippen LogP contribution in [0.2, 0.25) is 0 Å². The maximum absolute atomic E-state index is 9.93. The lowest BCUT2D eigenvalue weighted by atomic mass is 10.1. The van der Waals surface area contributed by atoms with E-state index in [9.17, 15) is 4.79 Å². The van der Waals surface area contributed by atoms with Gasteiger partial charge < -0.3 is 5.73 Å². The number of benzene rings is 1. The smallest absolute Gasteiger partial charge is 0.225 e. The van der Waals surface area contributed by atoms with Crippen molar-refractivity contribution in [2.45, 2.75) is 0 Å². The first-order valence-electron chi connectivity index (χ1n) is 3.62. The first-order valence-corrected chi connectivity index (χ1v) is 3.62. The highest BCUT2D eigenvalue weighted by molar-refractivity contribution is 5.79. The molecule has 0 aliphatic rings. The van der Waals surface area contributed by atoms with Crippen molar-refractivity contribution >= 4 is 18.0 Å². The highest BCUT2D eigenvalue weighted by Gasteiger charge is 2.00. The Morgan fingerprint density at radius 3 is 2.85 bits per heavy atom. The third kappa shape index (κ3) is 1.94. The highest BCUT2D eigenvalue weighted by Crippen LogP contribution is 2.17. The van der Waals surface area contributed by atoms with E-state index in [1.54, 1.807) is 24.5 Å². The van der Waals surface area contributed by atoms with Crippen LogP contribution >= 0.6 is 0 Å². The molecule has 0 fully saturated rings. The van der Waals surface area contributed by atoms with Gasteiger partial charge in [0.25, 0.3) is 0 Å². The van der Waals surface area contributed by atoms with Gasteiger partial charge in [0, 0.05) is 0 Å². The molecule has 0 bridgehead atoms. The molecule has 0 saturated carbocycles. The molecule has 0 aliphatic carbocycles. The second-order valence-electron chi connectivity index (χ2n) is 2.37. The number of nitriles is 1. The number of allylic oxidation sites excluding steroid dienone is 1. The minimum atomic E-state index is 0.386. The zero-order valence-electron chi connectivity index (χ0n) is 6.82. The Balaban J connectivity index is 3.17. The fourth-order valence-electron chi connectivity index (χ4n) is 0.950. The van der Waals surface area contributed by atoms with Crippen LogP contribution < -0.4 is 5.73 Å². The number of hydrogen-bond donors (Lipinski definition) is 1. The monoisotopic (exact) mass is 171 g/mol. The molecule has 0 amide bonds. The minimum Gasteiger partial charge on any atom is -0.397 e. The van der Waals surface area contributed by atoms with Gasteiger partial charge in [0.15, 0.2) is 0 Å². The van der Waals surface area contributed by atoms with Gasteiger partial charge in [-0.1, -0.05) is 12.1 Å². The number of nitrogen functional groups attached to an aromatic ring is 1. The Kier molecular flexibility index (Phi) is 2.82. The van der Waals surface area contributed by atoms with Crippen LogP contribution in [-0.2, 0) is 4.79 Å². The molecule has 3 heteroatoms. The molecular formula is C10H7N2O. The van der Waals surface area contributed by atoms with Gasteiger partial charge in [0.05, 0.1) is 11.3 Å².